The molecular weight excluding hydrogens is 472 g/mol. The largest absolute Gasteiger partial charge is 0.507 e. The number of aromatic hydroxyl groups is 3. The van der Waals surface area contributed by atoms with Gasteiger partial charge in [0.2, 0.25) is 0 Å². The lowest BCUT2D eigenvalue weighted by atomic mass is 9.76. The number of phenols is 3. The molecule has 2 aliphatic rings. The average Bonchev–Trinajstić information content (AvgIpc) is 2.92. The minimum Gasteiger partial charge on any atom is -0.507 e. The number of ketones is 1. The molecule has 0 radical (unpaired) electrons. The van der Waals surface area contributed by atoms with Crippen LogP contribution in [-0.4, -0.2) is 21.1 Å². The molecule has 0 bridgehead atoms. The topological polar surface area (TPSA) is 77.8 Å². The number of rotatable bonds is 0. The minimum absolute atomic E-state index is 0.00199. The van der Waals surface area contributed by atoms with Crippen molar-refractivity contribution in [3.63, 3.8) is 0 Å². The second-order valence-corrected chi connectivity index (χ2v) is 10.4. The summed E-state index contributed by atoms with van der Waals surface area (Å²) >= 11 is 0. The zero-order valence-corrected chi connectivity index (χ0v) is 20.0. The molecule has 2 aliphatic carbocycles. The Morgan fingerprint density at radius 2 is 1.16 bits per heavy atom. The molecule has 0 aliphatic heterocycles. The van der Waals surface area contributed by atoms with E-state index in [1.807, 2.05) is 36.4 Å². The Hall–Kier alpha value is -5.09. The van der Waals surface area contributed by atoms with E-state index in [4.69, 9.17) is 0 Å². The van der Waals surface area contributed by atoms with E-state index in [1.54, 1.807) is 24.3 Å². The molecule has 9 rings (SSSR count). The Kier molecular flexibility index (Phi) is 3.38. The van der Waals surface area contributed by atoms with Crippen molar-refractivity contribution in [1.82, 2.24) is 0 Å². The summed E-state index contributed by atoms with van der Waals surface area (Å²) in [6, 6.07) is 24.6. The van der Waals surface area contributed by atoms with Crippen molar-refractivity contribution in [2.75, 3.05) is 0 Å². The molecule has 4 nitrogen and oxygen atoms in total. The van der Waals surface area contributed by atoms with Gasteiger partial charge >= 0.3 is 0 Å². The monoisotopic (exact) mass is 490 g/mol. The van der Waals surface area contributed by atoms with Crippen molar-refractivity contribution in [2.45, 2.75) is 6.42 Å². The Morgan fingerprint density at radius 1 is 0.474 bits per heavy atom. The highest BCUT2D eigenvalue weighted by atomic mass is 16.3. The maximum atomic E-state index is 13.6. The summed E-state index contributed by atoms with van der Waals surface area (Å²) in [6.45, 7) is 0. The van der Waals surface area contributed by atoms with Gasteiger partial charge in [-0.3, -0.25) is 4.79 Å². The fourth-order valence-corrected chi connectivity index (χ4v) is 7.18. The van der Waals surface area contributed by atoms with Crippen LogP contribution in [0.3, 0.4) is 0 Å². The molecule has 7 aromatic rings. The first-order valence-corrected chi connectivity index (χ1v) is 12.6. The van der Waals surface area contributed by atoms with Crippen LogP contribution in [0.1, 0.15) is 27.0 Å². The van der Waals surface area contributed by atoms with E-state index >= 15 is 0 Å². The third kappa shape index (κ3) is 2.13. The number of fused-ring (bicyclic) bond motifs is 6. The predicted octanol–water partition coefficient (Wildman–Crippen LogP) is 7.64. The van der Waals surface area contributed by atoms with E-state index in [0.717, 1.165) is 44.5 Å². The molecule has 0 saturated heterocycles. The molecule has 0 heterocycles. The zero-order chi connectivity index (χ0) is 25.4. The van der Waals surface area contributed by atoms with Crippen LogP contribution >= 0.6 is 0 Å². The number of phenolic OH excluding ortho intramolecular Hbond substituents is 3. The second-order valence-electron chi connectivity index (χ2n) is 10.4. The van der Waals surface area contributed by atoms with Crippen LogP contribution in [0.15, 0.2) is 78.9 Å². The molecule has 4 heteroatoms. The summed E-state index contributed by atoms with van der Waals surface area (Å²) in [5.74, 6) is 0.0802. The Labute approximate surface area is 216 Å². The molecule has 0 atom stereocenters. The van der Waals surface area contributed by atoms with Crippen molar-refractivity contribution in [3.05, 3.63) is 101 Å². The lowest BCUT2D eigenvalue weighted by molar-refractivity contribution is 0.104. The highest BCUT2D eigenvalue weighted by Crippen LogP contribution is 2.55. The van der Waals surface area contributed by atoms with Gasteiger partial charge in [0.15, 0.2) is 5.78 Å². The lowest BCUT2D eigenvalue weighted by Gasteiger charge is -2.27. The van der Waals surface area contributed by atoms with Crippen molar-refractivity contribution in [3.8, 4) is 39.5 Å². The van der Waals surface area contributed by atoms with Gasteiger partial charge in [-0.25, -0.2) is 0 Å². The standard InChI is InChI=1S/C34H18O4/c35-24-7-3-6-20-28(24)23-14-26(37)31-18-9-8-16-12-15-4-1-2-5-17(15)22-13-25(36)30(32(18)27(16)22)19-10-11-21(34(20)38)29(23)33(19)31/h1-11,13-14,35-37H,12H2. The molecular formula is C34H18O4. The van der Waals surface area contributed by atoms with E-state index in [9.17, 15) is 20.1 Å². The fraction of sp³-hybridized carbons (Fsp3) is 0.0294. The summed E-state index contributed by atoms with van der Waals surface area (Å²) in [5, 5.41) is 40.3. The normalized spacial score (nSPS) is 13.5. The molecule has 38 heavy (non-hydrogen) atoms. The average molecular weight is 491 g/mol. The Morgan fingerprint density at radius 3 is 1.97 bits per heavy atom. The third-order valence-corrected chi connectivity index (χ3v) is 8.64. The highest BCUT2D eigenvalue weighted by molar-refractivity contribution is 6.41. The van der Waals surface area contributed by atoms with Crippen LogP contribution in [0.5, 0.6) is 17.2 Å². The summed E-state index contributed by atoms with van der Waals surface area (Å²) in [4.78, 5) is 13.6. The number of benzene rings is 7. The summed E-state index contributed by atoms with van der Waals surface area (Å²) in [7, 11) is 0. The molecule has 3 N–H and O–H groups in total. The van der Waals surface area contributed by atoms with Gasteiger partial charge in [-0.1, -0.05) is 54.6 Å². The number of carbonyl (C=O) groups is 1. The summed E-state index contributed by atoms with van der Waals surface area (Å²) in [5.41, 5.74) is 6.49. The first-order valence-electron chi connectivity index (χ1n) is 12.6. The van der Waals surface area contributed by atoms with Crippen molar-refractivity contribution in [2.24, 2.45) is 0 Å². The SMILES string of the molecule is O=C1c2cccc(O)c2-c2cc(O)c3c4ccc5c6c(cc(O)c(c7ccc1c2c73)c64)-c1ccccc1C5. The lowest BCUT2D eigenvalue weighted by Crippen LogP contribution is -2.10. The van der Waals surface area contributed by atoms with E-state index in [2.05, 4.69) is 18.2 Å². The van der Waals surface area contributed by atoms with Gasteiger partial charge in [-0.2, -0.15) is 0 Å². The molecule has 0 amide bonds. The van der Waals surface area contributed by atoms with E-state index < -0.39 is 0 Å². The maximum Gasteiger partial charge on any atom is 0.194 e. The van der Waals surface area contributed by atoms with Gasteiger partial charge in [-0.15, -0.1) is 0 Å². The fourth-order valence-electron chi connectivity index (χ4n) is 7.18. The maximum absolute atomic E-state index is 13.6. The summed E-state index contributed by atoms with van der Waals surface area (Å²) in [6.07, 6.45) is 0.793. The van der Waals surface area contributed by atoms with E-state index in [1.165, 1.54) is 11.1 Å². The van der Waals surface area contributed by atoms with Crippen molar-refractivity contribution < 1.29 is 20.1 Å². The number of hydrogen-bond acceptors (Lipinski definition) is 4. The molecule has 7 aromatic carbocycles. The van der Waals surface area contributed by atoms with Gasteiger partial charge in [0.05, 0.1) is 0 Å². The van der Waals surface area contributed by atoms with Crippen LogP contribution in [0.2, 0.25) is 0 Å². The third-order valence-electron chi connectivity index (χ3n) is 8.64. The van der Waals surface area contributed by atoms with Crippen LogP contribution < -0.4 is 0 Å². The number of carbonyl (C=O) groups excluding carboxylic acids is 1. The van der Waals surface area contributed by atoms with Crippen LogP contribution in [0.25, 0.3) is 65.3 Å². The molecule has 0 unspecified atom stereocenters. The number of hydrogen-bond donors (Lipinski definition) is 3. The first-order chi connectivity index (χ1) is 18.5. The Balaban J connectivity index is 1.56. The van der Waals surface area contributed by atoms with Gasteiger partial charge in [0.1, 0.15) is 17.2 Å². The van der Waals surface area contributed by atoms with Gasteiger partial charge in [0, 0.05) is 43.6 Å². The van der Waals surface area contributed by atoms with Crippen molar-refractivity contribution >= 4 is 48.9 Å². The Bertz CT molecular complexity index is 2260. The second kappa shape index (κ2) is 6.42. The quantitative estimate of drug-likeness (QED) is 0.151. The van der Waals surface area contributed by atoms with Crippen LogP contribution in [-0.2, 0) is 6.42 Å². The smallest absolute Gasteiger partial charge is 0.194 e. The minimum atomic E-state index is -0.163. The highest BCUT2D eigenvalue weighted by Gasteiger charge is 2.32. The molecule has 0 fully saturated rings. The van der Waals surface area contributed by atoms with Gasteiger partial charge in [0.25, 0.3) is 0 Å². The first kappa shape index (κ1) is 20.0. The predicted molar refractivity (Wildman–Crippen MR) is 150 cm³/mol. The van der Waals surface area contributed by atoms with E-state index in [-0.39, 0.29) is 23.0 Å². The van der Waals surface area contributed by atoms with E-state index in [0.29, 0.717) is 38.4 Å². The van der Waals surface area contributed by atoms with Crippen molar-refractivity contribution in [1.29, 1.82) is 0 Å². The molecule has 0 saturated carbocycles. The van der Waals surface area contributed by atoms with Gasteiger partial charge < -0.3 is 15.3 Å². The molecule has 178 valence electrons. The molecule has 0 spiro atoms. The van der Waals surface area contributed by atoms with Crippen LogP contribution in [0.4, 0.5) is 0 Å². The van der Waals surface area contributed by atoms with Crippen LogP contribution in [0, 0.1) is 0 Å². The summed E-state index contributed by atoms with van der Waals surface area (Å²) < 4.78 is 0. The zero-order valence-electron chi connectivity index (χ0n) is 20.0. The molecule has 0 aromatic heterocycles. The van der Waals surface area contributed by atoms with Gasteiger partial charge in [-0.05, 0) is 74.7 Å².